The van der Waals surface area contributed by atoms with Crippen LogP contribution in [0.4, 0.5) is 0 Å². The van der Waals surface area contributed by atoms with Gasteiger partial charge in [-0.25, -0.2) is 4.98 Å². The SMILES string of the molecule is NC(=O)c1nc(C(=O)NCc2ccco2)cs1. The highest BCUT2D eigenvalue weighted by Gasteiger charge is 2.13. The first-order valence-electron chi connectivity index (χ1n) is 4.72. The van der Waals surface area contributed by atoms with Crippen LogP contribution in [0.1, 0.15) is 26.1 Å². The van der Waals surface area contributed by atoms with Gasteiger partial charge in [-0.1, -0.05) is 0 Å². The second-order valence-corrected chi connectivity index (χ2v) is 4.02. The second-order valence-electron chi connectivity index (χ2n) is 3.16. The molecule has 2 rings (SSSR count). The number of nitrogens with zero attached hydrogens (tertiary/aromatic N) is 1. The number of nitrogens with two attached hydrogens (primary N) is 1. The zero-order chi connectivity index (χ0) is 12.3. The molecule has 0 aromatic carbocycles. The lowest BCUT2D eigenvalue weighted by molar-refractivity contribution is 0.0943. The minimum Gasteiger partial charge on any atom is -0.467 e. The van der Waals surface area contributed by atoms with Crippen molar-refractivity contribution in [3.63, 3.8) is 0 Å². The van der Waals surface area contributed by atoms with Crippen LogP contribution in [-0.4, -0.2) is 16.8 Å². The fourth-order valence-corrected chi connectivity index (χ4v) is 1.81. The first-order chi connectivity index (χ1) is 8.16. The van der Waals surface area contributed by atoms with Gasteiger partial charge >= 0.3 is 0 Å². The van der Waals surface area contributed by atoms with E-state index in [4.69, 9.17) is 10.2 Å². The van der Waals surface area contributed by atoms with Crippen molar-refractivity contribution < 1.29 is 14.0 Å². The van der Waals surface area contributed by atoms with Gasteiger partial charge < -0.3 is 15.5 Å². The van der Waals surface area contributed by atoms with Crippen LogP contribution >= 0.6 is 11.3 Å². The van der Waals surface area contributed by atoms with E-state index in [-0.39, 0.29) is 23.2 Å². The summed E-state index contributed by atoms with van der Waals surface area (Å²) in [5.41, 5.74) is 5.22. The Morgan fingerprint density at radius 2 is 2.35 bits per heavy atom. The molecule has 0 spiro atoms. The van der Waals surface area contributed by atoms with Crippen LogP contribution in [0.15, 0.2) is 28.2 Å². The molecule has 6 nitrogen and oxygen atoms in total. The molecule has 0 aliphatic rings. The van der Waals surface area contributed by atoms with Crippen molar-refractivity contribution >= 4 is 23.2 Å². The van der Waals surface area contributed by atoms with Crippen molar-refractivity contribution in [2.75, 3.05) is 0 Å². The molecular formula is C10H9N3O3S. The van der Waals surface area contributed by atoms with Gasteiger partial charge in [-0.3, -0.25) is 9.59 Å². The standard InChI is InChI=1S/C10H9N3O3S/c11-8(14)10-13-7(5-17-10)9(15)12-4-6-2-1-3-16-6/h1-3,5H,4H2,(H2,11,14)(H,12,15). The first kappa shape index (κ1) is 11.3. The van der Waals surface area contributed by atoms with E-state index in [1.807, 2.05) is 0 Å². The topological polar surface area (TPSA) is 98.2 Å². The Kier molecular flexibility index (Phi) is 3.20. The fraction of sp³-hybridized carbons (Fsp3) is 0.100. The summed E-state index contributed by atoms with van der Waals surface area (Å²) in [5, 5.41) is 4.22. The quantitative estimate of drug-likeness (QED) is 0.838. The molecular weight excluding hydrogens is 242 g/mol. The maximum atomic E-state index is 11.6. The molecule has 0 aliphatic heterocycles. The maximum Gasteiger partial charge on any atom is 0.277 e. The Bertz CT molecular complexity index is 533. The summed E-state index contributed by atoms with van der Waals surface area (Å²) < 4.78 is 5.06. The number of thiazole rings is 1. The third-order valence-electron chi connectivity index (χ3n) is 1.95. The third kappa shape index (κ3) is 2.70. The van der Waals surface area contributed by atoms with Gasteiger partial charge in [0.05, 0.1) is 12.8 Å². The molecule has 88 valence electrons. The lowest BCUT2D eigenvalue weighted by atomic mass is 10.4. The van der Waals surface area contributed by atoms with Crippen molar-refractivity contribution in [2.45, 2.75) is 6.54 Å². The predicted molar refractivity (Wildman–Crippen MR) is 60.5 cm³/mol. The molecule has 0 bridgehead atoms. The summed E-state index contributed by atoms with van der Waals surface area (Å²) in [4.78, 5) is 26.2. The van der Waals surface area contributed by atoms with E-state index in [9.17, 15) is 9.59 Å². The zero-order valence-corrected chi connectivity index (χ0v) is 9.49. The zero-order valence-electron chi connectivity index (χ0n) is 8.67. The molecule has 3 N–H and O–H groups in total. The lowest BCUT2D eigenvalue weighted by Crippen LogP contribution is -2.23. The molecule has 0 fully saturated rings. The van der Waals surface area contributed by atoms with Gasteiger partial charge in [0, 0.05) is 5.38 Å². The van der Waals surface area contributed by atoms with Gasteiger partial charge in [0.25, 0.3) is 11.8 Å². The van der Waals surface area contributed by atoms with Crippen molar-refractivity contribution in [2.24, 2.45) is 5.73 Å². The van der Waals surface area contributed by atoms with Gasteiger partial charge in [0.2, 0.25) is 0 Å². The smallest absolute Gasteiger partial charge is 0.277 e. The number of amides is 2. The largest absolute Gasteiger partial charge is 0.467 e. The molecule has 0 atom stereocenters. The van der Waals surface area contributed by atoms with Crippen LogP contribution < -0.4 is 11.1 Å². The van der Waals surface area contributed by atoms with Gasteiger partial charge in [-0.2, -0.15) is 0 Å². The van der Waals surface area contributed by atoms with E-state index in [2.05, 4.69) is 10.3 Å². The number of primary amides is 1. The normalized spacial score (nSPS) is 10.1. The summed E-state index contributed by atoms with van der Waals surface area (Å²) in [6, 6.07) is 3.48. The van der Waals surface area contributed by atoms with Crippen LogP contribution in [-0.2, 0) is 6.54 Å². The van der Waals surface area contributed by atoms with Crippen LogP contribution in [0.5, 0.6) is 0 Å². The minimum atomic E-state index is -0.639. The van der Waals surface area contributed by atoms with Crippen LogP contribution in [0, 0.1) is 0 Å². The number of carbonyl (C=O) groups excluding carboxylic acids is 2. The Labute approximate surface area is 100 Å². The molecule has 7 heteroatoms. The summed E-state index contributed by atoms with van der Waals surface area (Å²) in [6.45, 7) is 0.273. The average Bonchev–Trinajstić information content (AvgIpc) is 2.96. The molecule has 2 amide bonds. The molecule has 2 heterocycles. The lowest BCUT2D eigenvalue weighted by Gasteiger charge is -1.99. The Morgan fingerprint density at radius 3 is 2.94 bits per heavy atom. The fourth-order valence-electron chi connectivity index (χ4n) is 1.16. The van der Waals surface area contributed by atoms with Crippen molar-refractivity contribution in [3.8, 4) is 0 Å². The van der Waals surface area contributed by atoms with Crippen LogP contribution in [0.25, 0.3) is 0 Å². The molecule has 2 aromatic rings. The van der Waals surface area contributed by atoms with Crippen molar-refractivity contribution in [1.82, 2.24) is 10.3 Å². The number of aromatic nitrogens is 1. The predicted octanol–water partition coefficient (Wildman–Crippen LogP) is 0.765. The Hall–Kier alpha value is -2.15. The first-order valence-corrected chi connectivity index (χ1v) is 5.60. The Balaban J connectivity index is 1.97. The number of rotatable bonds is 4. The van der Waals surface area contributed by atoms with Crippen molar-refractivity contribution in [3.05, 3.63) is 40.2 Å². The summed E-state index contributed by atoms with van der Waals surface area (Å²) in [7, 11) is 0. The van der Waals surface area contributed by atoms with Gasteiger partial charge in [-0.05, 0) is 12.1 Å². The minimum absolute atomic E-state index is 0.119. The van der Waals surface area contributed by atoms with E-state index in [1.165, 1.54) is 11.6 Å². The number of furan rings is 1. The monoisotopic (exact) mass is 251 g/mol. The number of hydrogen-bond acceptors (Lipinski definition) is 5. The molecule has 0 unspecified atom stereocenters. The summed E-state index contributed by atoms with van der Waals surface area (Å²) in [5.74, 6) is -0.367. The summed E-state index contributed by atoms with van der Waals surface area (Å²) >= 11 is 1.04. The van der Waals surface area contributed by atoms with E-state index in [1.54, 1.807) is 12.1 Å². The highest BCUT2D eigenvalue weighted by atomic mass is 32.1. The van der Waals surface area contributed by atoms with E-state index < -0.39 is 5.91 Å². The van der Waals surface area contributed by atoms with Crippen LogP contribution in [0.2, 0.25) is 0 Å². The maximum absolute atomic E-state index is 11.6. The molecule has 0 aliphatic carbocycles. The van der Waals surface area contributed by atoms with E-state index >= 15 is 0 Å². The third-order valence-corrected chi connectivity index (χ3v) is 2.81. The highest BCUT2D eigenvalue weighted by Crippen LogP contribution is 2.09. The second kappa shape index (κ2) is 4.79. The van der Waals surface area contributed by atoms with E-state index in [0.717, 1.165) is 11.3 Å². The van der Waals surface area contributed by atoms with Gasteiger partial charge in [-0.15, -0.1) is 11.3 Å². The average molecular weight is 251 g/mol. The van der Waals surface area contributed by atoms with E-state index in [0.29, 0.717) is 5.76 Å². The highest BCUT2D eigenvalue weighted by molar-refractivity contribution is 7.11. The molecule has 0 radical (unpaired) electrons. The number of nitrogens with one attached hydrogen (secondary N) is 1. The molecule has 0 saturated heterocycles. The number of carbonyl (C=O) groups is 2. The number of hydrogen-bond donors (Lipinski definition) is 2. The molecule has 2 aromatic heterocycles. The van der Waals surface area contributed by atoms with Crippen molar-refractivity contribution in [1.29, 1.82) is 0 Å². The molecule has 0 saturated carbocycles. The van der Waals surface area contributed by atoms with Gasteiger partial charge in [0.1, 0.15) is 11.5 Å². The van der Waals surface area contributed by atoms with Gasteiger partial charge in [0.15, 0.2) is 5.01 Å². The Morgan fingerprint density at radius 1 is 1.53 bits per heavy atom. The summed E-state index contributed by atoms with van der Waals surface area (Å²) in [6.07, 6.45) is 1.52. The molecule has 17 heavy (non-hydrogen) atoms. The van der Waals surface area contributed by atoms with Crippen LogP contribution in [0.3, 0.4) is 0 Å².